The molecule has 0 N–H and O–H groups in total. The summed E-state index contributed by atoms with van der Waals surface area (Å²) in [7, 11) is 1.26. The van der Waals surface area contributed by atoms with Gasteiger partial charge in [0.1, 0.15) is 6.61 Å². The summed E-state index contributed by atoms with van der Waals surface area (Å²) in [5.41, 5.74) is 0. The lowest BCUT2D eigenvalue weighted by Gasteiger charge is -2.06. The fraction of sp³-hybridized carbons (Fsp3) is 0.917. The molecule has 0 spiro atoms. The highest BCUT2D eigenvalue weighted by molar-refractivity contribution is 5.59. The zero-order chi connectivity index (χ0) is 13.5. The van der Waals surface area contributed by atoms with Crippen LogP contribution in [-0.4, -0.2) is 59.5 Å². The van der Waals surface area contributed by atoms with Gasteiger partial charge in [-0.05, 0) is 6.42 Å². The largest absolute Gasteiger partial charge is 0.508 e. The van der Waals surface area contributed by atoms with Crippen LogP contribution in [0.3, 0.4) is 0 Å². The Kier molecular flexibility index (Phi) is 13.5. The van der Waals surface area contributed by atoms with Crippen molar-refractivity contribution in [2.45, 2.75) is 19.8 Å². The lowest BCUT2D eigenvalue weighted by molar-refractivity contribution is -0.000817. The Balaban J connectivity index is 2.97. The van der Waals surface area contributed by atoms with Crippen molar-refractivity contribution in [1.29, 1.82) is 0 Å². The molecule has 0 fully saturated rings. The van der Waals surface area contributed by atoms with Gasteiger partial charge in [0.25, 0.3) is 0 Å². The molecule has 0 aromatic carbocycles. The molecule has 0 aromatic rings. The summed E-state index contributed by atoms with van der Waals surface area (Å²) < 4.78 is 24.7. The van der Waals surface area contributed by atoms with E-state index in [1.807, 2.05) is 0 Å². The molecule has 18 heavy (non-hydrogen) atoms. The molecule has 0 bridgehead atoms. The first kappa shape index (κ1) is 17.2. The predicted molar refractivity (Wildman–Crippen MR) is 65.7 cm³/mol. The van der Waals surface area contributed by atoms with Crippen LogP contribution in [0.15, 0.2) is 0 Å². The molecule has 0 unspecified atom stereocenters. The first-order chi connectivity index (χ1) is 8.81. The maximum Gasteiger partial charge on any atom is 0.508 e. The number of methoxy groups -OCH3 is 1. The molecule has 0 aliphatic heterocycles. The van der Waals surface area contributed by atoms with E-state index in [0.29, 0.717) is 33.0 Å². The molecule has 0 radical (unpaired) electrons. The van der Waals surface area contributed by atoms with Crippen LogP contribution >= 0.6 is 0 Å². The van der Waals surface area contributed by atoms with Gasteiger partial charge >= 0.3 is 6.16 Å². The van der Waals surface area contributed by atoms with Gasteiger partial charge in [0.15, 0.2) is 0 Å². The standard InChI is InChI=1S/C12H24O6/c1-3-4-5-15-6-7-16-8-9-17-10-11-18-12(13)14-2/h3-11H2,1-2H3. The second-order valence-electron chi connectivity index (χ2n) is 3.49. The van der Waals surface area contributed by atoms with Crippen LogP contribution in [0.25, 0.3) is 0 Å². The molecular weight excluding hydrogens is 240 g/mol. The Hall–Kier alpha value is -0.850. The third kappa shape index (κ3) is 13.2. The predicted octanol–water partition coefficient (Wildman–Crippen LogP) is 1.62. The molecule has 0 aliphatic carbocycles. The Morgan fingerprint density at radius 2 is 1.33 bits per heavy atom. The van der Waals surface area contributed by atoms with Crippen LogP contribution in [-0.2, 0) is 23.7 Å². The van der Waals surface area contributed by atoms with E-state index in [9.17, 15) is 4.79 Å². The number of hydrogen-bond donors (Lipinski definition) is 0. The summed E-state index contributed by atoms with van der Waals surface area (Å²) >= 11 is 0. The minimum Gasteiger partial charge on any atom is -0.438 e. The van der Waals surface area contributed by atoms with E-state index in [1.165, 1.54) is 7.11 Å². The van der Waals surface area contributed by atoms with Crippen LogP contribution in [0.2, 0.25) is 0 Å². The van der Waals surface area contributed by atoms with Gasteiger partial charge in [-0.15, -0.1) is 0 Å². The maximum atomic E-state index is 10.6. The number of rotatable bonds is 12. The second kappa shape index (κ2) is 14.2. The van der Waals surface area contributed by atoms with E-state index in [4.69, 9.17) is 14.2 Å². The lowest BCUT2D eigenvalue weighted by atomic mass is 10.4. The van der Waals surface area contributed by atoms with E-state index in [2.05, 4.69) is 16.4 Å². The highest BCUT2D eigenvalue weighted by Gasteiger charge is 1.98. The Bertz CT molecular complexity index is 185. The van der Waals surface area contributed by atoms with Gasteiger partial charge in [0.2, 0.25) is 0 Å². The molecule has 0 saturated heterocycles. The van der Waals surface area contributed by atoms with Crippen LogP contribution in [0.5, 0.6) is 0 Å². The van der Waals surface area contributed by atoms with Crippen molar-refractivity contribution in [2.75, 3.05) is 53.4 Å². The Labute approximate surface area is 108 Å². The fourth-order valence-electron chi connectivity index (χ4n) is 1.03. The molecule has 0 saturated carbocycles. The minimum atomic E-state index is -0.695. The van der Waals surface area contributed by atoms with Crippen molar-refractivity contribution < 1.29 is 28.5 Å². The van der Waals surface area contributed by atoms with Crippen molar-refractivity contribution in [1.82, 2.24) is 0 Å². The molecule has 0 rings (SSSR count). The van der Waals surface area contributed by atoms with E-state index in [1.54, 1.807) is 0 Å². The first-order valence-electron chi connectivity index (χ1n) is 6.25. The number of carbonyl (C=O) groups is 1. The molecule has 0 aliphatic rings. The second-order valence-corrected chi connectivity index (χ2v) is 3.49. The average Bonchev–Trinajstić information content (AvgIpc) is 2.39. The maximum absolute atomic E-state index is 10.6. The van der Waals surface area contributed by atoms with Crippen molar-refractivity contribution in [2.24, 2.45) is 0 Å². The van der Waals surface area contributed by atoms with Crippen molar-refractivity contribution in [3.8, 4) is 0 Å². The molecule has 0 atom stereocenters. The molecule has 0 aromatic heterocycles. The molecule has 108 valence electrons. The van der Waals surface area contributed by atoms with Gasteiger partial charge in [0, 0.05) is 6.61 Å². The van der Waals surface area contributed by atoms with Crippen LogP contribution in [0.4, 0.5) is 4.79 Å². The monoisotopic (exact) mass is 264 g/mol. The van der Waals surface area contributed by atoms with Gasteiger partial charge in [-0.1, -0.05) is 13.3 Å². The summed E-state index contributed by atoms with van der Waals surface area (Å²) in [6, 6.07) is 0. The third-order valence-electron chi connectivity index (χ3n) is 2.00. The highest BCUT2D eigenvalue weighted by atomic mass is 16.7. The number of ether oxygens (including phenoxy) is 5. The van der Waals surface area contributed by atoms with E-state index in [-0.39, 0.29) is 6.61 Å². The molecule has 6 heteroatoms. The Morgan fingerprint density at radius 3 is 1.83 bits per heavy atom. The first-order valence-corrected chi connectivity index (χ1v) is 6.25. The van der Waals surface area contributed by atoms with Crippen molar-refractivity contribution >= 4 is 6.16 Å². The van der Waals surface area contributed by atoms with E-state index < -0.39 is 6.16 Å². The van der Waals surface area contributed by atoms with Gasteiger partial charge in [-0.25, -0.2) is 4.79 Å². The summed E-state index contributed by atoms with van der Waals surface area (Å²) in [6.45, 7) is 5.62. The summed E-state index contributed by atoms with van der Waals surface area (Å²) in [6.07, 6.45) is 1.53. The van der Waals surface area contributed by atoms with Crippen LogP contribution in [0.1, 0.15) is 19.8 Å². The van der Waals surface area contributed by atoms with Crippen LogP contribution in [0, 0.1) is 0 Å². The van der Waals surface area contributed by atoms with Gasteiger partial charge in [-0.2, -0.15) is 0 Å². The topological polar surface area (TPSA) is 63.2 Å². The van der Waals surface area contributed by atoms with Gasteiger partial charge < -0.3 is 23.7 Å². The van der Waals surface area contributed by atoms with Crippen molar-refractivity contribution in [3.63, 3.8) is 0 Å². The number of carbonyl (C=O) groups excluding carboxylic acids is 1. The van der Waals surface area contributed by atoms with Crippen molar-refractivity contribution in [3.05, 3.63) is 0 Å². The van der Waals surface area contributed by atoms with E-state index in [0.717, 1.165) is 19.4 Å². The van der Waals surface area contributed by atoms with Gasteiger partial charge in [0.05, 0.1) is 40.1 Å². The molecule has 0 amide bonds. The zero-order valence-corrected chi connectivity index (χ0v) is 11.3. The molecule has 0 heterocycles. The van der Waals surface area contributed by atoms with Crippen LogP contribution < -0.4 is 0 Å². The SMILES string of the molecule is CCCCOCCOCCOCCOC(=O)OC. The molecular formula is C12H24O6. The highest BCUT2D eigenvalue weighted by Crippen LogP contribution is 1.88. The Morgan fingerprint density at radius 1 is 0.833 bits per heavy atom. The third-order valence-corrected chi connectivity index (χ3v) is 2.00. The smallest absolute Gasteiger partial charge is 0.438 e. The average molecular weight is 264 g/mol. The lowest BCUT2D eigenvalue weighted by Crippen LogP contribution is -2.13. The zero-order valence-electron chi connectivity index (χ0n) is 11.3. The summed E-state index contributed by atoms with van der Waals surface area (Å²) in [4.78, 5) is 10.6. The normalized spacial score (nSPS) is 10.3. The molecule has 6 nitrogen and oxygen atoms in total. The number of hydrogen-bond acceptors (Lipinski definition) is 6. The van der Waals surface area contributed by atoms with E-state index >= 15 is 0 Å². The van der Waals surface area contributed by atoms with Gasteiger partial charge in [-0.3, -0.25) is 0 Å². The number of unbranched alkanes of at least 4 members (excludes halogenated alkanes) is 1. The summed E-state index contributed by atoms with van der Waals surface area (Å²) in [5.74, 6) is 0. The minimum absolute atomic E-state index is 0.187. The quantitative estimate of drug-likeness (QED) is 0.394. The summed E-state index contributed by atoms with van der Waals surface area (Å²) in [5, 5.41) is 0. The fourth-order valence-corrected chi connectivity index (χ4v) is 1.03.